The van der Waals surface area contributed by atoms with Gasteiger partial charge in [0.05, 0.1) is 10.9 Å². The van der Waals surface area contributed by atoms with Crippen LogP contribution in [0.5, 0.6) is 0 Å². The van der Waals surface area contributed by atoms with Crippen LogP contribution < -0.4 is 0 Å². The van der Waals surface area contributed by atoms with Gasteiger partial charge in [0.25, 0.3) is 0 Å². The first-order valence-corrected chi connectivity index (χ1v) is 12.6. The second-order valence-electron chi connectivity index (χ2n) is 7.46. The van der Waals surface area contributed by atoms with Gasteiger partial charge in [-0.05, 0) is 32.0 Å². The number of rotatable bonds is 5. The Labute approximate surface area is 159 Å². The third-order valence-corrected chi connectivity index (χ3v) is 10.9. The molecular weight excluding hydrogens is 381 g/mol. The van der Waals surface area contributed by atoms with E-state index >= 15 is 0 Å². The van der Waals surface area contributed by atoms with Crippen molar-refractivity contribution in [3.63, 3.8) is 0 Å². The molecule has 2 aromatic heterocycles. The van der Waals surface area contributed by atoms with Gasteiger partial charge in [0.1, 0.15) is 16.9 Å². The van der Waals surface area contributed by atoms with E-state index in [1.807, 2.05) is 23.8 Å². The van der Waals surface area contributed by atoms with Crippen molar-refractivity contribution in [2.75, 3.05) is 0 Å². The van der Waals surface area contributed by atoms with Crippen LogP contribution >= 0.6 is 34.5 Å². The van der Waals surface area contributed by atoms with Crippen molar-refractivity contribution in [1.82, 2.24) is 14.8 Å². The topological polar surface area (TPSA) is 39.9 Å². The number of aromatic nitrogens is 3. The van der Waals surface area contributed by atoms with Crippen LogP contribution in [0.4, 0.5) is 0 Å². The molecule has 0 aromatic carbocycles. The summed E-state index contributed by atoms with van der Waals surface area (Å²) in [5, 5.41) is 12.3. The van der Waals surface area contributed by atoms with Gasteiger partial charge < -0.3 is 4.43 Å². The van der Waals surface area contributed by atoms with E-state index in [2.05, 4.69) is 44.1 Å². The number of hydrogen-bond donors (Lipinski definition) is 0. The zero-order chi connectivity index (χ0) is 18.3. The fraction of sp³-hybridized carbons (Fsp3) is 0.625. The fourth-order valence-electron chi connectivity index (χ4n) is 2.22. The minimum Gasteiger partial charge on any atom is -0.407 e. The predicted molar refractivity (Wildman–Crippen MR) is 105 cm³/mol. The summed E-state index contributed by atoms with van der Waals surface area (Å²) in [4.78, 5) is 0. The summed E-state index contributed by atoms with van der Waals surface area (Å²) in [6.07, 6.45) is -0.156. The largest absolute Gasteiger partial charge is 0.407 e. The van der Waals surface area contributed by atoms with Gasteiger partial charge >= 0.3 is 0 Å². The first kappa shape index (κ1) is 19.9. The van der Waals surface area contributed by atoms with Gasteiger partial charge in [-0.25, -0.2) is 0 Å². The Balaban J connectivity index is 2.43. The van der Waals surface area contributed by atoms with Crippen LogP contribution in [0.1, 0.15) is 51.0 Å². The van der Waals surface area contributed by atoms with Crippen molar-refractivity contribution in [2.45, 2.75) is 64.7 Å². The summed E-state index contributed by atoms with van der Waals surface area (Å²) in [5.41, 5.74) is 0.909. The lowest BCUT2D eigenvalue weighted by Crippen LogP contribution is -2.41. The minimum absolute atomic E-state index is 0.134. The Bertz CT molecular complexity index is 721. The maximum atomic E-state index is 6.50. The molecule has 134 valence electrons. The van der Waals surface area contributed by atoms with Gasteiger partial charge in [-0.3, -0.25) is 4.57 Å². The molecule has 0 aliphatic carbocycles. The maximum absolute atomic E-state index is 6.50. The van der Waals surface area contributed by atoms with E-state index in [-0.39, 0.29) is 11.1 Å². The molecule has 0 fully saturated rings. The zero-order valence-corrected chi connectivity index (χ0v) is 18.6. The van der Waals surface area contributed by atoms with Gasteiger partial charge in [0, 0.05) is 10.9 Å². The molecule has 4 nitrogen and oxygen atoms in total. The predicted octanol–water partition coefficient (Wildman–Crippen LogP) is 6.11. The van der Waals surface area contributed by atoms with Gasteiger partial charge in [-0.2, -0.15) is 0 Å². The SMILES string of the molecule is Cc1nnc([C@H](C)O[Si](C)(C)C(C)(C)C)n1-c1scc(Cl)c1CCl. The first-order chi connectivity index (χ1) is 11.0. The molecular formula is C16H25Cl2N3OSSi. The van der Waals surface area contributed by atoms with E-state index in [4.69, 9.17) is 27.6 Å². The van der Waals surface area contributed by atoms with Crippen LogP contribution in [0.25, 0.3) is 5.00 Å². The molecule has 2 aromatic rings. The van der Waals surface area contributed by atoms with Crippen LogP contribution in [-0.4, -0.2) is 23.1 Å². The molecule has 0 saturated heterocycles. The summed E-state index contributed by atoms with van der Waals surface area (Å²) in [5.74, 6) is 1.95. The lowest BCUT2D eigenvalue weighted by molar-refractivity contribution is 0.191. The number of aryl methyl sites for hydroxylation is 1. The highest BCUT2D eigenvalue weighted by Crippen LogP contribution is 2.40. The van der Waals surface area contributed by atoms with Crippen molar-refractivity contribution in [3.8, 4) is 5.00 Å². The highest BCUT2D eigenvalue weighted by Gasteiger charge is 2.39. The molecule has 0 unspecified atom stereocenters. The second-order valence-corrected chi connectivity index (χ2v) is 13.8. The van der Waals surface area contributed by atoms with Gasteiger partial charge in [-0.1, -0.05) is 32.4 Å². The van der Waals surface area contributed by atoms with Crippen molar-refractivity contribution in [2.24, 2.45) is 0 Å². The Kier molecular flexibility index (Phi) is 5.87. The van der Waals surface area contributed by atoms with E-state index < -0.39 is 8.32 Å². The third-order valence-electron chi connectivity index (χ3n) is 4.65. The molecule has 0 N–H and O–H groups in total. The van der Waals surface area contributed by atoms with Crippen LogP contribution in [0.15, 0.2) is 5.38 Å². The van der Waals surface area contributed by atoms with E-state index in [0.29, 0.717) is 10.9 Å². The van der Waals surface area contributed by atoms with Crippen molar-refractivity contribution >= 4 is 42.9 Å². The first-order valence-electron chi connectivity index (χ1n) is 7.91. The molecule has 0 bridgehead atoms. The van der Waals surface area contributed by atoms with E-state index in [1.54, 1.807) is 11.3 Å². The average Bonchev–Trinajstić information content (AvgIpc) is 2.99. The van der Waals surface area contributed by atoms with Crippen LogP contribution in [-0.2, 0) is 10.3 Å². The lowest BCUT2D eigenvalue weighted by atomic mass is 10.2. The fourth-order valence-corrected chi connectivity index (χ4v) is 5.34. The molecule has 0 radical (unpaired) electrons. The van der Waals surface area contributed by atoms with Gasteiger partial charge in [0.2, 0.25) is 0 Å². The number of halogens is 2. The minimum atomic E-state index is -1.91. The van der Waals surface area contributed by atoms with Gasteiger partial charge in [0.15, 0.2) is 14.1 Å². The normalized spacial score (nSPS) is 14.2. The third kappa shape index (κ3) is 3.72. The van der Waals surface area contributed by atoms with Crippen LogP contribution in [0.2, 0.25) is 23.2 Å². The van der Waals surface area contributed by atoms with Crippen molar-refractivity contribution in [1.29, 1.82) is 0 Å². The summed E-state index contributed by atoms with van der Waals surface area (Å²) < 4.78 is 8.52. The summed E-state index contributed by atoms with van der Waals surface area (Å²) in [6.45, 7) is 15.1. The zero-order valence-electron chi connectivity index (χ0n) is 15.3. The van der Waals surface area contributed by atoms with Crippen LogP contribution in [0, 0.1) is 6.92 Å². The average molecular weight is 406 g/mol. The monoisotopic (exact) mass is 405 g/mol. The van der Waals surface area contributed by atoms with E-state index in [9.17, 15) is 0 Å². The second kappa shape index (κ2) is 7.07. The quantitative estimate of drug-likeness (QED) is 0.444. The lowest BCUT2D eigenvalue weighted by Gasteiger charge is -2.38. The molecule has 24 heavy (non-hydrogen) atoms. The Morgan fingerprint density at radius 1 is 1.33 bits per heavy atom. The summed E-state index contributed by atoms with van der Waals surface area (Å²) in [7, 11) is -1.91. The molecule has 0 aliphatic heterocycles. The maximum Gasteiger partial charge on any atom is 0.193 e. The molecule has 1 atom stereocenters. The van der Waals surface area contributed by atoms with E-state index in [0.717, 1.165) is 22.2 Å². The van der Waals surface area contributed by atoms with Gasteiger partial charge in [-0.15, -0.1) is 33.1 Å². The molecule has 2 heterocycles. The van der Waals surface area contributed by atoms with Crippen LogP contribution in [0.3, 0.4) is 0 Å². The highest BCUT2D eigenvalue weighted by molar-refractivity contribution is 7.13. The number of thiophene rings is 1. The molecule has 0 spiro atoms. The van der Waals surface area contributed by atoms with Crippen molar-refractivity contribution < 1.29 is 4.43 Å². The molecule has 2 rings (SSSR count). The van der Waals surface area contributed by atoms with E-state index in [1.165, 1.54) is 0 Å². The Morgan fingerprint density at radius 3 is 2.50 bits per heavy atom. The smallest absolute Gasteiger partial charge is 0.193 e. The molecule has 0 amide bonds. The highest BCUT2D eigenvalue weighted by atomic mass is 35.5. The summed E-state index contributed by atoms with van der Waals surface area (Å²) >= 11 is 13.9. The Hall–Kier alpha value is -0.403. The standard InChI is InChI=1S/C16H25Cl2N3OSSi/c1-10(22-24(6,7)16(3,4)5)14-20-19-11(2)21(14)15-12(8-17)13(18)9-23-15/h9-10H,8H2,1-7H3/t10-/m0/s1. The number of hydrogen-bond acceptors (Lipinski definition) is 4. The molecule has 0 aliphatic rings. The molecule has 0 saturated carbocycles. The molecule has 8 heteroatoms. The summed E-state index contributed by atoms with van der Waals surface area (Å²) in [6, 6.07) is 0. The Morgan fingerprint density at radius 2 is 1.96 bits per heavy atom. The number of nitrogens with zero attached hydrogens (tertiary/aromatic N) is 3. The number of alkyl halides is 1. The van der Waals surface area contributed by atoms with Crippen molar-refractivity contribution in [3.05, 3.63) is 27.6 Å².